The molecule has 0 aliphatic carbocycles. The lowest BCUT2D eigenvalue weighted by Crippen LogP contribution is -2.48. The van der Waals surface area contributed by atoms with Gasteiger partial charge in [-0.2, -0.15) is 5.06 Å². The number of piperidine rings is 1. The summed E-state index contributed by atoms with van der Waals surface area (Å²) in [5, 5.41) is 12.2. The van der Waals surface area contributed by atoms with E-state index < -0.39 is 5.41 Å². The average Bonchev–Trinajstić information content (AvgIpc) is 2.53. The monoisotopic (exact) mass is 295 g/mol. The highest BCUT2D eigenvalue weighted by Gasteiger charge is 2.48. The molecule has 0 spiro atoms. The molecule has 0 saturated carbocycles. The lowest BCUT2D eigenvalue weighted by atomic mass is 9.71. The topological polar surface area (TPSA) is 40.5 Å². The van der Waals surface area contributed by atoms with Crippen LogP contribution in [0.15, 0.2) is 60.7 Å². The zero-order valence-corrected chi connectivity index (χ0v) is 12.9. The fraction of sp³-hybridized carbons (Fsp3) is 0.316. The van der Waals surface area contributed by atoms with Crippen LogP contribution >= 0.6 is 0 Å². The Balaban J connectivity index is 2.04. The van der Waals surface area contributed by atoms with Crippen molar-refractivity contribution in [2.75, 3.05) is 0 Å². The van der Waals surface area contributed by atoms with Crippen molar-refractivity contribution in [2.24, 2.45) is 5.41 Å². The fourth-order valence-electron chi connectivity index (χ4n) is 3.35. The molecular formula is C19H21NO2. The Bertz CT molecular complexity index is 652. The van der Waals surface area contributed by atoms with Gasteiger partial charge in [0.1, 0.15) is 5.78 Å². The number of carbonyl (C=O) groups excluding carboxylic acids is 1. The molecule has 1 aliphatic rings. The third kappa shape index (κ3) is 2.47. The summed E-state index contributed by atoms with van der Waals surface area (Å²) in [5.74, 6) is 0.181. The van der Waals surface area contributed by atoms with E-state index in [2.05, 4.69) is 0 Å². The van der Waals surface area contributed by atoms with Gasteiger partial charge in [0.25, 0.3) is 0 Å². The minimum atomic E-state index is -0.624. The number of rotatable bonds is 2. The molecule has 1 fully saturated rings. The van der Waals surface area contributed by atoms with E-state index in [4.69, 9.17) is 0 Å². The highest BCUT2D eigenvalue weighted by Crippen LogP contribution is 2.48. The van der Waals surface area contributed by atoms with Crippen LogP contribution in [-0.2, 0) is 4.79 Å². The van der Waals surface area contributed by atoms with Gasteiger partial charge in [0.2, 0.25) is 0 Å². The maximum atomic E-state index is 12.7. The molecule has 22 heavy (non-hydrogen) atoms. The number of hydrogen-bond donors (Lipinski definition) is 1. The first-order valence-corrected chi connectivity index (χ1v) is 7.62. The molecule has 2 unspecified atom stereocenters. The molecule has 2 aromatic rings. The van der Waals surface area contributed by atoms with Crippen LogP contribution in [0, 0.1) is 5.41 Å². The SMILES string of the molecule is CC1(C)C(=O)CC(c2ccccc2)N(O)C1c1ccccc1. The Kier molecular flexibility index (Phi) is 3.85. The predicted octanol–water partition coefficient (Wildman–Crippen LogP) is 4.16. The number of hydroxylamine groups is 2. The summed E-state index contributed by atoms with van der Waals surface area (Å²) in [6, 6.07) is 18.8. The lowest BCUT2D eigenvalue weighted by molar-refractivity contribution is -0.212. The van der Waals surface area contributed by atoms with Crippen molar-refractivity contribution >= 4 is 5.78 Å². The Morgan fingerprint density at radius 3 is 2.00 bits per heavy atom. The molecule has 114 valence electrons. The van der Waals surface area contributed by atoms with Gasteiger partial charge in [0.05, 0.1) is 12.1 Å². The predicted molar refractivity (Wildman–Crippen MR) is 85.4 cm³/mol. The Morgan fingerprint density at radius 1 is 0.955 bits per heavy atom. The fourth-order valence-corrected chi connectivity index (χ4v) is 3.35. The molecule has 3 nitrogen and oxygen atoms in total. The summed E-state index contributed by atoms with van der Waals surface area (Å²) in [4.78, 5) is 12.7. The van der Waals surface area contributed by atoms with Gasteiger partial charge in [-0.3, -0.25) is 4.79 Å². The molecule has 3 heteroatoms. The molecule has 0 radical (unpaired) electrons. The minimum absolute atomic E-state index is 0.181. The van der Waals surface area contributed by atoms with Gasteiger partial charge in [-0.1, -0.05) is 74.5 Å². The van der Waals surface area contributed by atoms with Crippen molar-refractivity contribution in [1.82, 2.24) is 5.06 Å². The quantitative estimate of drug-likeness (QED) is 0.904. The third-order valence-electron chi connectivity index (χ3n) is 4.66. The molecule has 1 saturated heterocycles. The molecule has 3 rings (SSSR count). The summed E-state index contributed by atoms with van der Waals surface area (Å²) in [6.45, 7) is 3.83. The van der Waals surface area contributed by atoms with Gasteiger partial charge in [0.15, 0.2) is 0 Å². The van der Waals surface area contributed by atoms with Gasteiger partial charge in [0, 0.05) is 11.8 Å². The Labute approximate surface area is 131 Å². The Hall–Kier alpha value is -1.97. The average molecular weight is 295 g/mol. The number of hydrogen-bond acceptors (Lipinski definition) is 3. The zero-order chi connectivity index (χ0) is 15.7. The van der Waals surface area contributed by atoms with Crippen LogP contribution in [0.1, 0.15) is 43.5 Å². The largest absolute Gasteiger partial charge is 0.313 e. The van der Waals surface area contributed by atoms with Crippen LogP contribution in [0.3, 0.4) is 0 Å². The summed E-state index contributed by atoms with van der Waals surface area (Å²) < 4.78 is 0. The molecule has 0 amide bonds. The van der Waals surface area contributed by atoms with E-state index in [0.29, 0.717) is 6.42 Å². The van der Waals surface area contributed by atoms with E-state index in [9.17, 15) is 10.0 Å². The normalized spacial score (nSPS) is 25.1. The van der Waals surface area contributed by atoms with Crippen molar-refractivity contribution in [3.8, 4) is 0 Å². The van der Waals surface area contributed by atoms with Gasteiger partial charge < -0.3 is 5.21 Å². The molecule has 0 aromatic heterocycles. The van der Waals surface area contributed by atoms with Gasteiger partial charge >= 0.3 is 0 Å². The first kappa shape index (κ1) is 14.9. The Morgan fingerprint density at radius 2 is 1.45 bits per heavy atom. The van der Waals surface area contributed by atoms with Gasteiger partial charge in [-0.05, 0) is 11.1 Å². The standard InChI is InChI=1S/C19H21NO2/c1-19(2)17(21)13-16(14-9-5-3-6-10-14)20(22)18(19)15-11-7-4-8-12-15/h3-12,16,18,22H,13H2,1-2H3. The van der Waals surface area contributed by atoms with Crippen LogP contribution in [0.2, 0.25) is 0 Å². The van der Waals surface area contributed by atoms with Crippen molar-refractivity contribution < 1.29 is 10.0 Å². The first-order chi connectivity index (χ1) is 10.5. The molecule has 2 atom stereocenters. The zero-order valence-electron chi connectivity index (χ0n) is 12.9. The van der Waals surface area contributed by atoms with Crippen molar-refractivity contribution in [3.05, 3.63) is 71.8 Å². The van der Waals surface area contributed by atoms with Crippen molar-refractivity contribution in [3.63, 3.8) is 0 Å². The number of ketones is 1. The summed E-state index contributed by atoms with van der Waals surface area (Å²) in [6.07, 6.45) is 0.330. The number of Topliss-reactive ketones (excluding diaryl/α,β-unsaturated/α-hetero) is 1. The summed E-state index contributed by atoms with van der Waals surface area (Å²) in [7, 11) is 0. The highest BCUT2D eigenvalue weighted by molar-refractivity contribution is 5.86. The van der Waals surface area contributed by atoms with E-state index >= 15 is 0 Å². The molecular weight excluding hydrogens is 274 g/mol. The maximum Gasteiger partial charge on any atom is 0.142 e. The van der Waals surface area contributed by atoms with E-state index in [1.165, 1.54) is 5.06 Å². The van der Waals surface area contributed by atoms with Gasteiger partial charge in [-0.25, -0.2) is 0 Å². The van der Waals surface area contributed by atoms with E-state index in [1.807, 2.05) is 74.5 Å². The van der Waals surface area contributed by atoms with Gasteiger partial charge in [-0.15, -0.1) is 0 Å². The smallest absolute Gasteiger partial charge is 0.142 e. The first-order valence-electron chi connectivity index (χ1n) is 7.62. The maximum absolute atomic E-state index is 12.7. The molecule has 1 N–H and O–H groups in total. The molecule has 1 aliphatic heterocycles. The molecule has 1 heterocycles. The molecule has 0 bridgehead atoms. The van der Waals surface area contributed by atoms with Crippen molar-refractivity contribution in [2.45, 2.75) is 32.4 Å². The van der Waals surface area contributed by atoms with Crippen LogP contribution in [-0.4, -0.2) is 16.1 Å². The van der Waals surface area contributed by atoms with Crippen LogP contribution in [0.5, 0.6) is 0 Å². The second-order valence-corrected chi connectivity index (χ2v) is 6.47. The van der Waals surface area contributed by atoms with Crippen molar-refractivity contribution in [1.29, 1.82) is 0 Å². The lowest BCUT2D eigenvalue weighted by Gasteiger charge is -2.46. The van der Waals surface area contributed by atoms with E-state index in [1.54, 1.807) is 0 Å². The summed E-state index contributed by atoms with van der Waals surface area (Å²) in [5.41, 5.74) is 1.31. The minimum Gasteiger partial charge on any atom is -0.313 e. The van der Waals surface area contributed by atoms with Crippen LogP contribution < -0.4 is 0 Å². The second kappa shape index (κ2) is 5.67. The second-order valence-electron chi connectivity index (χ2n) is 6.47. The van der Waals surface area contributed by atoms with Crippen LogP contribution in [0.4, 0.5) is 0 Å². The van der Waals surface area contributed by atoms with Crippen LogP contribution in [0.25, 0.3) is 0 Å². The van der Waals surface area contributed by atoms with E-state index in [0.717, 1.165) is 11.1 Å². The van der Waals surface area contributed by atoms with E-state index in [-0.39, 0.29) is 17.9 Å². The highest BCUT2D eigenvalue weighted by atomic mass is 16.5. The summed E-state index contributed by atoms with van der Waals surface area (Å²) >= 11 is 0. The number of nitrogens with zero attached hydrogens (tertiary/aromatic N) is 1. The number of carbonyl (C=O) groups is 1. The molecule has 2 aromatic carbocycles. The third-order valence-corrected chi connectivity index (χ3v) is 4.66. The number of benzene rings is 2.